The van der Waals surface area contributed by atoms with E-state index in [0.717, 1.165) is 19.3 Å². The van der Waals surface area contributed by atoms with E-state index in [-0.39, 0.29) is 0 Å². The monoisotopic (exact) mass is 114 g/mol. The van der Waals surface area contributed by atoms with Crippen LogP contribution in [0.2, 0.25) is 0 Å². The molecular weight excluding hydrogens is 102 g/mol. The molecule has 2 heteroatoms. The Morgan fingerprint density at radius 1 is 1.75 bits per heavy atom. The Bertz CT molecular complexity index is 64.9. The van der Waals surface area contributed by atoms with Crippen LogP contribution < -0.4 is 5.32 Å². The molecule has 0 amide bonds. The third kappa shape index (κ3) is 1.20. The molecule has 1 heterocycles. The van der Waals surface area contributed by atoms with Gasteiger partial charge in [0, 0.05) is 12.6 Å². The Labute approximate surface area is 50.2 Å². The summed E-state index contributed by atoms with van der Waals surface area (Å²) in [5.41, 5.74) is 0. The second-order valence-electron chi connectivity index (χ2n) is 2.13. The maximum Gasteiger partial charge on any atom is 0.110 e. The van der Waals surface area contributed by atoms with E-state index in [9.17, 15) is 0 Å². The fourth-order valence-electron chi connectivity index (χ4n) is 0.756. The maximum atomic E-state index is 5.24. The minimum Gasteiger partial charge on any atom is -0.369 e. The molecule has 1 aliphatic heterocycles. The molecule has 1 N–H and O–H groups in total. The molecule has 1 aliphatic rings. The van der Waals surface area contributed by atoms with Gasteiger partial charge in [0.25, 0.3) is 0 Å². The zero-order valence-corrected chi connectivity index (χ0v) is 5.40. The van der Waals surface area contributed by atoms with Crippen LogP contribution in [0, 0.1) is 6.10 Å². The van der Waals surface area contributed by atoms with Crippen molar-refractivity contribution in [3.63, 3.8) is 0 Å². The van der Waals surface area contributed by atoms with Crippen molar-refractivity contribution in [1.82, 2.24) is 5.32 Å². The highest BCUT2D eigenvalue weighted by molar-refractivity contribution is 4.87. The van der Waals surface area contributed by atoms with Gasteiger partial charge in [-0.05, 0) is 13.8 Å². The SMILES string of the molecule is C[C]1OCCNC1C. The Kier molecular flexibility index (Phi) is 1.86. The molecular formula is C6H12NO. The Morgan fingerprint density at radius 2 is 2.50 bits per heavy atom. The molecule has 0 aromatic rings. The predicted molar refractivity (Wildman–Crippen MR) is 32.3 cm³/mol. The van der Waals surface area contributed by atoms with Gasteiger partial charge >= 0.3 is 0 Å². The van der Waals surface area contributed by atoms with Gasteiger partial charge in [-0.1, -0.05) is 0 Å². The minimum absolute atomic E-state index is 0.448. The van der Waals surface area contributed by atoms with Gasteiger partial charge in [0.1, 0.15) is 6.10 Å². The van der Waals surface area contributed by atoms with Gasteiger partial charge in [0.15, 0.2) is 0 Å². The molecule has 1 saturated heterocycles. The normalized spacial score (nSPS) is 33.0. The van der Waals surface area contributed by atoms with E-state index in [1.165, 1.54) is 0 Å². The summed E-state index contributed by atoms with van der Waals surface area (Å²) >= 11 is 0. The van der Waals surface area contributed by atoms with E-state index in [1.807, 2.05) is 6.92 Å². The fourth-order valence-corrected chi connectivity index (χ4v) is 0.756. The van der Waals surface area contributed by atoms with Crippen LogP contribution in [0.4, 0.5) is 0 Å². The quantitative estimate of drug-likeness (QED) is 0.496. The molecule has 2 nitrogen and oxygen atoms in total. The van der Waals surface area contributed by atoms with Gasteiger partial charge < -0.3 is 10.1 Å². The van der Waals surface area contributed by atoms with E-state index < -0.39 is 0 Å². The van der Waals surface area contributed by atoms with Crippen LogP contribution in [0.1, 0.15) is 13.8 Å². The number of ether oxygens (including phenoxy) is 1. The topological polar surface area (TPSA) is 21.3 Å². The predicted octanol–water partition coefficient (Wildman–Crippen LogP) is 0.547. The summed E-state index contributed by atoms with van der Waals surface area (Å²) in [7, 11) is 0. The molecule has 8 heavy (non-hydrogen) atoms. The van der Waals surface area contributed by atoms with Gasteiger partial charge in [0.05, 0.1) is 6.61 Å². The summed E-state index contributed by atoms with van der Waals surface area (Å²) in [5, 5.41) is 3.27. The summed E-state index contributed by atoms with van der Waals surface area (Å²) in [6.07, 6.45) is 1.11. The van der Waals surface area contributed by atoms with Crippen molar-refractivity contribution in [2.45, 2.75) is 19.9 Å². The van der Waals surface area contributed by atoms with Gasteiger partial charge in [-0.15, -0.1) is 0 Å². The average Bonchev–Trinajstić information content (AvgIpc) is 1.77. The van der Waals surface area contributed by atoms with Crippen molar-refractivity contribution in [3.05, 3.63) is 6.10 Å². The molecule has 0 aromatic carbocycles. The van der Waals surface area contributed by atoms with E-state index in [2.05, 4.69) is 12.2 Å². The van der Waals surface area contributed by atoms with E-state index in [0.29, 0.717) is 6.04 Å². The highest BCUT2D eigenvalue weighted by atomic mass is 16.5. The summed E-state index contributed by atoms with van der Waals surface area (Å²) in [5.74, 6) is 0. The number of rotatable bonds is 0. The second kappa shape index (κ2) is 2.46. The van der Waals surface area contributed by atoms with Crippen molar-refractivity contribution in [1.29, 1.82) is 0 Å². The molecule has 0 bridgehead atoms. The molecule has 0 aliphatic carbocycles. The molecule has 1 radical (unpaired) electrons. The standard InChI is InChI=1S/C6H12NO/c1-5-6(2)8-4-3-7-5/h5,7H,3-4H2,1-2H3. The third-order valence-electron chi connectivity index (χ3n) is 1.49. The van der Waals surface area contributed by atoms with Gasteiger partial charge in [0.2, 0.25) is 0 Å². The Hall–Kier alpha value is -0.0800. The molecule has 1 unspecified atom stereocenters. The van der Waals surface area contributed by atoms with Crippen molar-refractivity contribution < 1.29 is 4.74 Å². The smallest absolute Gasteiger partial charge is 0.110 e. The summed E-state index contributed by atoms with van der Waals surface area (Å²) < 4.78 is 5.24. The molecule has 47 valence electrons. The lowest BCUT2D eigenvalue weighted by Crippen LogP contribution is -2.40. The van der Waals surface area contributed by atoms with E-state index in [1.54, 1.807) is 0 Å². The van der Waals surface area contributed by atoms with Gasteiger partial charge in [-0.2, -0.15) is 0 Å². The van der Waals surface area contributed by atoms with Gasteiger partial charge in [-0.3, -0.25) is 0 Å². The zero-order valence-electron chi connectivity index (χ0n) is 5.40. The number of nitrogens with one attached hydrogen (secondary N) is 1. The Balaban J connectivity index is 2.28. The van der Waals surface area contributed by atoms with Gasteiger partial charge in [-0.25, -0.2) is 0 Å². The fraction of sp³-hybridized carbons (Fsp3) is 0.833. The molecule has 1 rings (SSSR count). The first-order valence-electron chi connectivity index (χ1n) is 3.00. The van der Waals surface area contributed by atoms with Crippen molar-refractivity contribution >= 4 is 0 Å². The van der Waals surface area contributed by atoms with Crippen LogP contribution >= 0.6 is 0 Å². The minimum atomic E-state index is 0.448. The van der Waals surface area contributed by atoms with E-state index in [4.69, 9.17) is 4.74 Å². The molecule has 1 fully saturated rings. The molecule has 0 spiro atoms. The summed E-state index contributed by atoms with van der Waals surface area (Å²) in [6, 6.07) is 0.448. The average molecular weight is 114 g/mol. The number of hydrogen-bond acceptors (Lipinski definition) is 2. The highest BCUT2D eigenvalue weighted by Crippen LogP contribution is 2.09. The van der Waals surface area contributed by atoms with Crippen LogP contribution in [-0.4, -0.2) is 19.2 Å². The largest absolute Gasteiger partial charge is 0.369 e. The Morgan fingerprint density at radius 3 is 2.88 bits per heavy atom. The second-order valence-corrected chi connectivity index (χ2v) is 2.13. The highest BCUT2D eigenvalue weighted by Gasteiger charge is 2.16. The maximum absolute atomic E-state index is 5.24. The lowest BCUT2D eigenvalue weighted by atomic mass is 10.2. The van der Waals surface area contributed by atoms with Crippen LogP contribution in [-0.2, 0) is 4.74 Å². The molecule has 0 aromatic heterocycles. The van der Waals surface area contributed by atoms with Crippen LogP contribution in [0.15, 0.2) is 0 Å². The van der Waals surface area contributed by atoms with Crippen molar-refractivity contribution in [2.24, 2.45) is 0 Å². The first-order chi connectivity index (χ1) is 3.80. The first kappa shape index (κ1) is 6.05. The molecule has 0 saturated carbocycles. The summed E-state index contributed by atoms with van der Waals surface area (Å²) in [6.45, 7) is 5.93. The van der Waals surface area contributed by atoms with Crippen LogP contribution in [0.5, 0.6) is 0 Å². The van der Waals surface area contributed by atoms with Crippen molar-refractivity contribution in [3.8, 4) is 0 Å². The first-order valence-corrected chi connectivity index (χ1v) is 3.00. The van der Waals surface area contributed by atoms with Crippen LogP contribution in [0.3, 0.4) is 0 Å². The number of morpholine rings is 1. The lowest BCUT2D eigenvalue weighted by molar-refractivity contribution is 0.0930. The van der Waals surface area contributed by atoms with Crippen molar-refractivity contribution in [2.75, 3.05) is 13.2 Å². The summed E-state index contributed by atoms with van der Waals surface area (Å²) in [4.78, 5) is 0. The number of hydrogen-bond donors (Lipinski definition) is 1. The molecule has 1 atom stereocenters. The zero-order chi connectivity index (χ0) is 5.98. The lowest BCUT2D eigenvalue weighted by Gasteiger charge is -2.25. The third-order valence-corrected chi connectivity index (χ3v) is 1.49. The van der Waals surface area contributed by atoms with E-state index >= 15 is 0 Å². The van der Waals surface area contributed by atoms with Crippen LogP contribution in [0.25, 0.3) is 0 Å².